The number of nitrogens with one attached hydrogen (secondary N) is 3. The lowest BCUT2D eigenvalue weighted by Crippen LogP contribution is -2.58. The average molecular weight is 804 g/mol. The second kappa shape index (κ2) is 16.0. The number of nitrogens with zero attached hydrogens (tertiary/aromatic N) is 2. The van der Waals surface area contributed by atoms with Crippen LogP contribution >= 0.6 is 0 Å². The molecule has 1 aromatic heterocycles. The van der Waals surface area contributed by atoms with Gasteiger partial charge in [0.05, 0.1) is 31.2 Å². The molecule has 3 N–H and O–H groups in total. The number of hydrogen-bond donors (Lipinski definition) is 3. The van der Waals surface area contributed by atoms with Crippen molar-refractivity contribution in [1.29, 1.82) is 0 Å². The SMILES string of the molecule is COc1ccc2c(O[C@@H]3C[C@H]4C(=O)N[C@]5(C(=O)NS(=O)(=O)C6CC6)C[C@H]5/C=C\COCCC[C@H](NC(=O)OC(C)(C)C)C(=O)N4C3)nc(-c3ccccc3)cc2c1. The fraction of sp³-hybridized carbons (Fsp3) is 0.488. The summed E-state index contributed by atoms with van der Waals surface area (Å²) in [5.41, 5.74) is -0.924. The summed E-state index contributed by atoms with van der Waals surface area (Å²) in [6.45, 7) is 5.52. The lowest BCUT2D eigenvalue weighted by Gasteiger charge is -2.30. The van der Waals surface area contributed by atoms with Crippen molar-refractivity contribution in [2.45, 2.75) is 93.9 Å². The number of fused-ring (bicyclic) bond motifs is 3. The van der Waals surface area contributed by atoms with E-state index in [1.54, 1.807) is 46.1 Å². The van der Waals surface area contributed by atoms with Crippen LogP contribution in [0.4, 0.5) is 4.79 Å². The second-order valence-electron chi connectivity index (χ2n) is 16.0. The number of hydrogen-bond acceptors (Lipinski definition) is 11. The molecule has 4 amide bonds. The Hall–Kier alpha value is -5.22. The summed E-state index contributed by atoms with van der Waals surface area (Å²) in [5.74, 6) is -1.65. The highest BCUT2D eigenvalue weighted by Crippen LogP contribution is 2.46. The Labute approximate surface area is 331 Å². The van der Waals surface area contributed by atoms with Crippen LogP contribution in [0.1, 0.15) is 59.3 Å². The Morgan fingerprint density at radius 1 is 1.05 bits per heavy atom. The maximum absolute atomic E-state index is 14.6. The summed E-state index contributed by atoms with van der Waals surface area (Å²) in [7, 11) is -2.35. The summed E-state index contributed by atoms with van der Waals surface area (Å²) in [6, 6.07) is 14.7. The molecule has 7 rings (SSSR count). The van der Waals surface area contributed by atoms with Crippen molar-refractivity contribution in [2.24, 2.45) is 5.92 Å². The van der Waals surface area contributed by atoms with Gasteiger partial charge in [-0.15, -0.1) is 0 Å². The highest BCUT2D eigenvalue weighted by Gasteiger charge is 2.62. The van der Waals surface area contributed by atoms with E-state index in [0.717, 1.165) is 10.9 Å². The van der Waals surface area contributed by atoms with Crippen molar-refractivity contribution in [3.05, 3.63) is 66.7 Å². The lowest BCUT2D eigenvalue weighted by molar-refractivity contribution is -0.141. The molecule has 0 spiro atoms. The molecule has 2 saturated carbocycles. The summed E-state index contributed by atoms with van der Waals surface area (Å²) in [6.07, 6.45) is 3.55. The van der Waals surface area contributed by atoms with Gasteiger partial charge in [0.25, 0.3) is 5.91 Å². The van der Waals surface area contributed by atoms with Gasteiger partial charge in [-0.2, -0.15) is 0 Å². The maximum Gasteiger partial charge on any atom is 0.408 e. The molecule has 1 saturated heterocycles. The van der Waals surface area contributed by atoms with E-state index in [4.69, 9.17) is 23.9 Å². The lowest BCUT2D eigenvalue weighted by atomic mass is 10.1. The molecule has 0 unspecified atom stereocenters. The standard InChI is InChI=1S/C41H49N5O10S/c1-40(2,3)56-39(50)43-32-13-9-19-54-18-8-12-27-23-41(27,38(49)45-57(51,52)30-15-16-30)44-35(47)34-22-29(24-46(34)37(32)48)55-36-31-17-14-28(53-4)20-26(31)21-33(42-36)25-10-6-5-7-11-25/h5-8,10-12,14,17,20-21,27,29-30,32,34H,9,13,15-16,18-19,22-24H2,1-4H3,(H,43,50)(H,44,47)(H,45,49)/b12-8-/t27-,29-,32+,34+,41-/m1/s1. The van der Waals surface area contributed by atoms with Gasteiger partial charge in [0.2, 0.25) is 27.7 Å². The van der Waals surface area contributed by atoms with E-state index in [-0.39, 0.29) is 44.9 Å². The van der Waals surface area contributed by atoms with Crippen molar-refractivity contribution >= 4 is 44.6 Å². The number of rotatable bonds is 8. The van der Waals surface area contributed by atoms with Gasteiger partial charge in [-0.3, -0.25) is 19.1 Å². The molecule has 2 aliphatic carbocycles. The van der Waals surface area contributed by atoms with Crippen LogP contribution in [-0.4, -0.2) is 104 Å². The van der Waals surface area contributed by atoms with Gasteiger partial charge in [0.15, 0.2) is 0 Å². The molecule has 5 atom stereocenters. The van der Waals surface area contributed by atoms with Crippen molar-refractivity contribution in [3.63, 3.8) is 0 Å². The normalized spacial score (nSPS) is 26.1. The van der Waals surface area contributed by atoms with Crippen LogP contribution in [0.5, 0.6) is 11.6 Å². The Balaban J connectivity index is 1.23. The van der Waals surface area contributed by atoms with Crippen LogP contribution in [0.25, 0.3) is 22.0 Å². The van der Waals surface area contributed by atoms with Gasteiger partial charge in [-0.25, -0.2) is 18.2 Å². The number of benzene rings is 2. The van der Waals surface area contributed by atoms with Crippen LogP contribution in [0, 0.1) is 5.92 Å². The Morgan fingerprint density at radius 2 is 1.82 bits per heavy atom. The van der Waals surface area contributed by atoms with Crippen LogP contribution < -0.4 is 24.8 Å². The van der Waals surface area contributed by atoms with Crippen molar-refractivity contribution in [2.75, 3.05) is 26.9 Å². The molecule has 304 valence electrons. The quantitative estimate of drug-likeness (QED) is 0.279. The number of pyridine rings is 1. The Bertz CT molecular complexity index is 2170. The van der Waals surface area contributed by atoms with E-state index in [1.165, 1.54) is 4.90 Å². The number of sulfonamides is 1. The molecule has 3 aromatic rings. The first-order valence-corrected chi connectivity index (χ1v) is 20.8. The smallest absolute Gasteiger partial charge is 0.408 e. The number of alkyl carbamates (subject to hydrolysis) is 1. The van der Waals surface area contributed by atoms with E-state index in [2.05, 4.69) is 15.4 Å². The third kappa shape index (κ3) is 9.17. The largest absolute Gasteiger partial charge is 0.497 e. The van der Waals surface area contributed by atoms with Crippen LogP contribution in [-0.2, 0) is 33.9 Å². The van der Waals surface area contributed by atoms with Gasteiger partial charge >= 0.3 is 6.09 Å². The molecule has 15 nitrogen and oxygen atoms in total. The minimum absolute atomic E-state index is 0.00725. The van der Waals surface area contributed by atoms with E-state index in [9.17, 15) is 27.6 Å². The predicted octanol–water partition coefficient (Wildman–Crippen LogP) is 4.00. The number of methoxy groups -OCH3 is 1. The monoisotopic (exact) mass is 803 g/mol. The number of ether oxygens (including phenoxy) is 4. The zero-order valence-electron chi connectivity index (χ0n) is 32.5. The highest BCUT2D eigenvalue weighted by atomic mass is 32.2. The number of carbonyl (C=O) groups is 4. The molecular weight excluding hydrogens is 755 g/mol. The fourth-order valence-electron chi connectivity index (χ4n) is 7.35. The third-order valence-electron chi connectivity index (χ3n) is 10.5. The molecule has 57 heavy (non-hydrogen) atoms. The molecular formula is C41H49N5O10S. The van der Waals surface area contributed by atoms with Gasteiger partial charge in [0.1, 0.15) is 35.1 Å². The maximum atomic E-state index is 14.6. The first-order valence-electron chi connectivity index (χ1n) is 19.3. The number of carbonyl (C=O) groups excluding carboxylic acids is 4. The van der Waals surface area contributed by atoms with Gasteiger partial charge in [-0.1, -0.05) is 42.5 Å². The average Bonchev–Trinajstić information content (AvgIpc) is 4.09. The molecule has 2 aromatic carbocycles. The molecule has 0 bridgehead atoms. The molecule has 3 heterocycles. The molecule has 4 aliphatic rings. The summed E-state index contributed by atoms with van der Waals surface area (Å²) in [5, 5.41) is 6.39. The molecule has 0 radical (unpaired) electrons. The Morgan fingerprint density at radius 3 is 2.54 bits per heavy atom. The fourth-order valence-corrected chi connectivity index (χ4v) is 8.71. The topological polar surface area (TPSA) is 192 Å². The van der Waals surface area contributed by atoms with Gasteiger partial charge in [0, 0.05) is 29.9 Å². The predicted molar refractivity (Wildman–Crippen MR) is 210 cm³/mol. The molecule has 16 heteroatoms. The van der Waals surface area contributed by atoms with Crippen LogP contribution in [0.2, 0.25) is 0 Å². The van der Waals surface area contributed by atoms with Crippen molar-refractivity contribution in [3.8, 4) is 22.9 Å². The van der Waals surface area contributed by atoms with Crippen molar-refractivity contribution in [1.82, 2.24) is 25.2 Å². The van der Waals surface area contributed by atoms with Gasteiger partial charge in [-0.05, 0) is 82.5 Å². The van der Waals surface area contributed by atoms with Crippen LogP contribution in [0.3, 0.4) is 0 Å². The molecule has 3 fully saturated rings. The summed E-state index contributed by atoms with van der Waals surface area (Å²) in [4.78, 5) is 62.1. The minimum Gasteiger partial charge on any atom is -0.497 e. The van der Waals surface area contributed by atoms with E-state index in [1.807, 2.05) is 48.5 Å². The third-order valence-corrected chi connectivity index (χ3v) is 12.3. The number of aromatic nitrogens is 1. The van der Waals surface area contributed by atoms with Crippen molar-refractivity contribution < 1.29 is 46.5 Å². The highest BCUT2D eigenvalue weighted by molar-refractivity contribution is 7.91. The zero-order chi connectivity index (χ0) is 40.5. The van der Waals surface area contributed by atoms with Crippen LogP contribution in [0.15, 0.2) is 66.7 Å². The first kappa shape index (κ1) is 40.0. The summed E-state index contributed by atoms with van der Waals surface area (Å²) < 4.78 is 51.3. The first-order chi connectivity index (χ1) is 27.2. The summed E-state index contributed by atoms with van der Waals surface area (Å²) >= 11 is 0. The number of amides is 4. The zero-order valence-corrected chi connectivity index (χ0v) is 33.3. The molecule has 2 aliphatic heterocycles. The van der Waals surface area contributed by atoms with E-state index >= 15 is 0 Å². The second-order valence-corrected chi connectivity index (χ2v) is 18.0. The minimum atomic E-state index is -3.93. The van der Waals surface area contributed by atoms with Gasteiger partial charge < -0.3 is 34.5 Å². The van der Waals surface area contributed by atoms with E-state index in [0.29, 0.717) is 36.1 Å². The Kier molecular flexibility index (Phi) is 11.2. The van der Waals surface area contributed by atoms with E-state index < -0.39 is 74.3 Å².